The second-order valence-corrected chi connectivity index (χ2v) is 7.53. The van der Waals surface area contributed by atoms with Crippen molar-refractivity contribution in [2.45, 2.75) is 0 Å². The second kappa shape index (κ2) is 7.16. The zero-order valence-corrected chi connectivity index (χ0v) is 14.7. The van der Waals surface area contributed by atoms with Crippen LogP contribution >= 0.6 is 35.3 Å². The van der Waals surface area contributed by atoms with Gasteiger partial charge in [-0.05, 0) is 41.8 Å². The number of thioether (sulfide) groups is 1. The van der Waals surface area contributed by atoms with Crippen LogP contribution in [0.25, 0.3) is 6.08 Å². The summed E-state index contributed by atoms with van der Waals surface area (Å²) in [7, 11) is 0. The molecule has 0 unspecified atom stereocenters. The van der Waals surface area contributed by atoms with Gasteiger partial charge in [0.2, 0.25) is 5.91 Å². The van der Waals surface area contributed by atoms with Crippen molar-refractivity contribution in [2.75, 3.05) is 11.9 Å². The van der Waals surface area contributed by atoms with Crippen molar-refractivity contribution in [3.05, 3.63) is 51.6 Å². The molecule has 0 saturated carbocycles. The number of anilines is 1. The minimum Gasteiger partial charge on any atom is -0.508 e. The molecule has 0 aliphatic carbocycles. The molecule has 1 aliphatic rings. The number of rotatable bonds is 4. The first kappa shape index (κ1) is 16.7. The van der Waals surface area contributed by atoms with Crippen molar-refractivity contribution >= 4 is 63.2 Å². The third-order valence-corrected chi connectivity index (χ3v) is 5.34. The maximum atomic E-state index is 12.4. The van der Waals surface area contributed by atoms with Gasteiger partial charge in [-0.25, -0.2) is 0 Å². The van der Waals surface area contributed by atoms with Crippen LogP contribution in [0, 0.1) is 0 Å². The Morgan fingerprint density at radius 3 is 2.71 bits per heavy atom. The first-order valence-corrected chi connectivity index (χ1v) is 9.01. The highest BCUT2D eigenvalue weighted by atomic mass is 32.2. The van der Waals surface area contributed by atoms with Gasteiger partial charge in [-0.2, -0.15) is 0 Å². The number of hydrogen-bond acceptors (Lipinski definition) is 6. The summed E-state index contributed by atoms with van der Waals surface area (Å²) in [6.45, 7) is -0.146. The second-order valence-electron chi connectivity index (χ2n) is 4.88. The number of nitrogens with one attached hydrogen (secondary N) is 1. The number of aromatic hydroxyl groups is 1. The number of phenols is 1. The molecule has 2 aromatic rings. The van der Waals surface area contributed by atoms with Gasteiger partial charge in [0.1, 0.15) is 16.6 Å². The van der Waals surface area contributed by atoms with E-state index in [1.807, 2.05) is 17.5 Å². The number of amides is 2. The van der Waals surface area contributed by atoms with E-state index in [4.69, 9.17) is 12.2 Å². The average Bonchev–Trinajstić information content (AvgIpc) is 3.14. The summed E-state index contributed by atoms with van der Waals surface area (Å²) in [5, 5.41) is 13.8. The molecule has 8 heteroatoms. The van der Waals surface area contributed by atoms with E-state index in [0.717, 1.165) is 4.88 Å². The standard InChI is InChI=1S/C16H12N2O3S3/c19-11-5-3-10(4-6-11)17-14(20)9-18-15(21)13(24-16(18)22)8-12-2-1-7-23-12/h1-8,19H,9H2,(H,17,20). The Morgan fingerprint density at radius 1 is 1.29 bits per heavy atom. The zero-order valence-electron chi connectivity index (χ0n) is 12.3. The fourth-order valence-corrected chi connectivity index (χ4v) is 4.01. The number of hydrogen-bond donors (Lipinski definition) is 2. The first-order valence-electron chi connectivity index (χ1n) is 6.91. The van der Waals surface area contributed by atoms with E-state index in [2.05, 4.69) is 5.32 Å². The van der Waals surface area contributed by atoms with E-state index < -0.39 is 0 Å². The fourth-order valence-electron chi connectivity index (χ4n) is 2.03. The SMILES string of the molecule is O=C(CN1C(=O)C(=Cc2cccs2)SC1=S)Nc1ccc(O)cc1. The maximum Gasteiger partial charge on any atom is 0.266 e. The molecule has 3 rings (SSSR count). The Hall–Kier alpha value is -2.16. The van der Waals surface area contributed by atoms with Crippen molar-refractivity contribution in [2.24, 2.45) is 0 Å². The molecule has 5 nitrogen and oxygen atoms in total. The quantitative estimate of drug-likeness (QED) is 0.487. The van der Waals surface area contributed by atoms with Crippen molar-refractivity contribution < 1.29 is 14.7 Å². The van der Waals surface area contributed by atoms with E-state index in [9.17, 15) is 14.7 Å². The van der Waals surface area contributed by atoms with Crippen LogP contribution in [0.4, 0.5) is 5.69 Å². The molecule has 2 N–H and O–H groups in total. The average molecular weight is 376 g/mol. The molecule has 0 radical (unpaired) electrons. The van der Waals surface area contributed by atoms with E-state index in [1.165, 1.54) is 40.1 Å². The lowest BCUT2D eigenvalue weighted by Gasteiger charge is -2.14. The molecule has 0 atom stereocenters. The third-order valence-electron chi connectivity index (χ3n) is 3.14. The minimum atomic E-state index is -0.352. The molecule has 2 heterocycles. The normalized spacial score (nSPS) is 16.0. The number of nitrogens with zero attached hydrogens (tertiary/aromatic N) is 1. The molecular weight excluding hydrogens is 364 g/mol. The summed E-state index contributed by atoms with van der Waals surface area (Å²) in [5.41, 5.74) is 0.539. The molecule has 1 fully saturated rings. The molecule has 1 aromatic heterocycles. The van der Waals surface area contributed by atoms with Crippen molar-refractivity contribution in [3.63, 3.8) is 0 Å². The van der Waals surface area contributed by atoms with Gasteiger partial charge >= 0.3 is 0 Å². The number of carbonyl (C=O) groups is 2. The number of benzene rings is 1. The predicted molar refractivity (Wildman–Crippen MR) is 101 cm³/mol. The van der Waals surface area contributed by atoms with Crippen LogP contribution in [0.3, 0.4) is 0 Å². The topological polar surface area (TPSA) is 69.6 Å². The monoisotopic (exact) mass is 376 g/mol. The minimum absolute atomic E-state index is 0.114. The Kier molecular flexibility index (Phi) is 4.98. The lowest BCUT2D eigenvalue weighted by molar-refractivity contribution is -0.126. The lowest BCUT2D eigenvalue weighted by atomic mass is 10.3. The highest BCUT2D eigenvalue weighted by molar-refractivity contribution is 8.26. The first-order chi connectivity index (χ1) is 11.5. The van der Waals surface area contributed by atoms with Crippen LogP contribution in [0.1, 0.15) is 4.88 Å². The predicted octanol–water partition coefficient (Wildman–Crippen LogP) is 3.29. The third kappa shape index (κ3) is 3.84. The molecule has 122 valence electrons. The molecule has 0 bridgehead atoms. The van der Waals surface area contributed by atoms with Gasteiger partial charge in [0, 0.05) is 10.6 Å². The molecule has 2 amide bonds. The van der Waals surface area contributed by atoms with Gasteiger partial charge in [-0.3, -0.25) is 14.5 Å². The summed E-state index contributed by atoms with van der Waals surface area (Å²) in [6.07, 6.45) is 1.78. The van der Waals surface area contributed by atoms with Crippen LogP contribution in [0.15, 0.2) is 46.7 Å². The highest BCUT2D eigenvalue weighted by Gasteiger charge is 2.33. The molecule has 0 spiro atoms. The van der Waals surface area contributed by atoms with E-state index >= 15 is 0 Å². The summed E-state index contributed by atoms with van der Waals surface area (Å²) in [6, 6.07) is 9.91. The Labute approximate surface area is 152 Å². The fraction of sp³-hybridized carbons (Fsp3) is 0.0625. The molecular formula is C16H12N2O3S3. The number of phenolic OH excluding ortho intramolecular Hbond substituents is 1. The van der Waals surface area contributed by atoms with E-state index in [1.54, 1.807) is 18.2 Å². The van der Waals surface area contributed by atoms with Crippen molar-refractivity contribution in [3.8, 4) is 5.75 Å². The largest absolute Gasteiger partial charge is 0.508 e. The molecule has 1 aromatic carbocycles. The maximum absolute atomic E-state index is 12.4. The van der Waals surface area contributed by atoms with Gasteiger partial charge in [0.15, 0.2) is 0 Å². The summed E-state index contributed by atoms with van der Waals surface area (Å²) in [5.74, 6) is -0.503. The highest BCUT2D eigenvalue weighted by Crippen LogP contribution is 2.33. The van der Waals surface area contributed by atoms with Gasteiger partial charge < -0.3 is 10.4 Å². The Bertz CT molecular complexity index is 814. The molecule has 1 aliphatic heterocycles. The summed E-state index contributed by atoms with van der Waals surface area (Å²) < 4.78 is 0.365. The van der Waals surface area contributed by atoms with Gasteiger partial charge in [0.25, 0.3) is 5.91 Å². The summed E-state index contributed by atoms with van der Waals surface area (Å²) >= 11 is 7.93. The number of carbonyl (C=O) groups excluding carboxylic acids is 2. The van der Waals surface area contributed by atoms with E-state index in [0.29, 0.717) is 14.9 Å². The number of thiophene rings is 1. The van der Waals surface area contributed by atoms with Crippen LogP contribution in [-0.2, 0) is 9.59 Å². The zero-order chi connectivity index (χ0) is 17.1. The van der Waals surface area contributed by atoms with Gasteiger partial charge in [-0.15, -0.1) is 11.3 Å². The van der Waals surface area contributed by atoms with E-state index in [-0.39, 0.29) is 24.1 Å². The van der Waals surface area contributed by atoms with Crippen molar-refractivity contribution in [1.29, 1.82) is 0 Å². The van der Waals surface area contributed by atoms with Crippen LogP contribution in [-0.4, -0.2) is 32.7 Å². The lowest BCUT2D eigenvalue weighted by Crippen LogP contribution is -2.36. The summed E-state index contributed by atoms with van der Waals surface area (Å²) in [4.78, 5) is 27.3. The molecule has 1 saturated heterocycles. The van der Waals surface area contributed by atoms with Crippen LogP contribution in [0.2, 0.25) is 0 Å². The van der Waals surface area contributed by atoms with Crippen LogP contribution in [0.5, 0.6) is 5.75 Å². The smallest absolute Gasteiger partial charge is 0.266 e. The van der Waals surface area contributed by atoms with Gasteiger partial charge in [-0.1, -0.05) is 30.0 Å². The molecule has 24 heavy (non-hydrogen) atoms. The van der Waals surface area contributed by atoms with Crippen molar-refractivity contribution in [1.82, 2.24) is 4.90 Å². The van der Waals surface area contributed by atoms with Crippen LogP contribution < -0.4 is 5.32 Å². The van der Waals surface area contributed by atoms with Gasteiger partial charge in [0.05, 0.1) is 4.91 Å². The Morgan fingerprint density at radius 2 is 2.04 bits per heavy atom. The number of thiocarbonyl (C=S) groups is 1. The Balaban J connectivity index is 1.66.